The van der Waals surface area contributed by atoms with Crippen molar-refractivity contribution in [2.24, 2.45) is 0 Å². The molecule has 0 radical (unpaired) electrons. The molecule has 0 aliphatic carbocycles. The smallest absolute Gasteiger partial charge is 0.335 e. The standard InChI is InChI=1S/C15H10N4O4/c20-15(21)11-3-5-12(6-4-11)18-14(9-16-17-18)10-1-7-13(8-2-10)19(22)23/h1-9H,(H,20,21). The Bertz CT molecular complexity index is 797. The summed E-state index contributed by atoms with van der Waals surface area (Å²) in [5.74, 6) is -1.01. The van der Waals surface area contributed by atoms with E-state index in [0.717, 1.165) is 0 Å². The highest BCUT2D eigenvalue weighted by molar-refractivity contribution is 5.87. The molecule has 8 nitrogen and oxygen atoms in total. The van der Waals surface area contributed by atoms with Gasteiger partial charge in [-0.2, -0.15) is 0 Å². The largest absolute Gasteiger partial charge is 0.478 e. The molecular weight excluding hydrogens is 300 g/mol. The van der Waals surface area contributed by atoms with E-state index < -0.39 is 10.9 Å². The summed E-state index contributed by atoms with van der Waals surface area (Å²) in [7, 11) is 0. The average molecular weight is 310 g/mol. The van der Waals surface area contributed by atoms with Gasteiger partial charge in [-0.3, -0.25) is 10.1 Å². The molecule has 1 aromatic heterocycles. The molecule has 0 amide bonds. The highest BCUT2D eigenvalue weighted by Crippen LogP contribution is 2.24. The molecule has 3 aromatic rings. The van der Waals surface area contributed by atoms with Gasteiger partial charge in [0.25, 0.3) is 5.69 Å². The van der Waals surface area contributed by atoms with Crippen molar-refractivity contribution in [2.45, 2.75) is 0 Å². The van der Waals surface area contributed by atoms with Crippen LogP contribution in [0.25, 0.3) is 16.9 Å². The Morgan fingerprint density at radius 3 is 2.30 bits per heavy atom. The molecule has 1 N–H and O–H groups in total. The van der Waals surface area contributed by atoms with Crippen LogP contribution in [0.4, 0.5) is 5.69 Å². The second-order valence-corrected chi connectivity index (χ2v) is 4.69. The minimum absolute atomic E-state index is 0.00131. The zero-order valence-electron chi connectivity index (χ0n) is 11.7. The van der Waals surface area contributed by atoms with Crippen LogP contribution < -0.4 is 0 Å². The summed E-state index contributed by atoms with van der Waals surface area (Å²) in [5.41, 5.74) is 2.16. The van der Waals surface area contributed by atoms with Gasteiger partial charge in [0.15, 0.2) is 0 Å². The monoisotopic (exact) mass is 310 g/mol. The highest BCUT2D eigenvalue weighted by atomic mass is 16.6. The number of aromatic carboxylic acids is 1. The Morgan fingerprint density at radius 2 is 1.74 bits per heavy atom. The number of rotatable bonds is 4. The lowest BCUT2D eigenvalue weighted by atomic mass is 10.1. The summed E-state index contributed by atoms with van der Waals surface area (Å²) in [4.78, 5) is 21.1. The van der Waals surface area contributed by atoms with E-state index in [9.17, 15) is 14.9 Å². The first-order valence-corrected chi connectivity index (χ1v) is 6.55. The number of nitrogens with zero attached hydrogens (tertiary/aromatic N) is 4. The molecule has 1 heterocycles. The van der Waals surface area contributed by atoms with E-state index in [1.165, 1.54) is 35.1 Å². The number of hydrogen-bond acceptors (Lipinski definition) is 5. The van der Waals surface area contributed by atoms with Crippen molar-refractivity contribution in [3.05, 3.63) is 70.4 Å². The van der Waals surface area contributed by atoms with E-state index in [1.54, 1.807) is 24.3 Å². The number of aromatic nitrogens is 3. The number of hydrogen-bond donors (Lipinski definition) is 1. The normalized spacial score (nSPS) is 10.4. The fourth-order valence-corrected chi connectivity index (χ4v) is 2.12. The minimum Gasteiger partial charge on any atom is -0.478 e. The van der Waals surface area contributed by atoms with Crippen molar-refractivity contribution in [1.29, 1.82) is 0 Å². The van der Waals surface area contributed by atoms with Gasteiger partial charge in [0.2, 0.25) is 0 Å². The zero-order chi connectivity index (χ0) is 16.4. The van der Waals surface area contributed by atoms with Crippen LogP contribution in [0.3, 0.4) is 0 Å². The van der Waals surface area contributed by atoms with Gasteiger partial charge in [-0.1, -0.05) is 5.21 Å². The maximum absolute atomic E-state index is 10.9. The molecule has 2 aromatic carbocycles. The topological polar surface area (TPSA) is 111 Å². The second kappa shape index (κ2) is 5.68. The molecule has 3 rings (SSSR count). The van der Waals surface area contributed by atoms with Crippen molar-refractivity contribution in [3.8, 4) is 16.9 Å². The van der Waals surface area contributed by atoms with Crippen molar-refractivity contribution >= 4 is 11.7 Å². The summed E-state index contributed by atoms with van der Waals surface area (Å²) >= 11 is 0. The van der Waals surface area contributed by atoms with E-state index in [2.05, 4.69) is 10.3 Å². The van der Waals surface area contributed by atoms with Crippen molar-refractivity contribution in [3.63, 3.8) is 0 Å². The fraction of sp³-hybridized carbons (Fsp3) is 0. The van der Waals surface area contributed by atoms with Gasteiger partial charge in [0.05, 0.1) is 28.1 Å². The maximum atomic E-state index is 10.9. The Labute approximate surface area is 129 Å². The summed E-state index contributed by atoms with van der Waals surface area (Å²) in [5, 5.41) is 27.5. The van der Waals surface area contributed by atoms with E-state index >= 15 is 0 Å². The van der Waals surface area contributed by atoms with Gasteiger partial charge in [0, 0.05) is 17.7 Å². The molecule has 114 valence electrons. The summed E-state index contributed by atoms with van der Waals surface area (Å²) < 4.78 is 1.53. The van der Waals surface area contributed by atoms with Crippen molar-refractivity contribution < 1.29 is 14.8 Å². The van der Waals surface area contributed by atoms with E-state index in [1.807, 2.05) is 0 Å². The van der Waals surface area contributed by atoms with E-state index in [4.69, 9.17) is 5.11 Å². The second-order valence-electron chi connectivity index (χ2n) is 4.69. The Kier molecular flexibility index (Phi) is 3.55. The number of non-ortho nitro benzene ring substituents is 1. The maximum Gasteiger partial charge on any atom is 0.335 e. The molecule has 0 fully saturated rings. The number of nitro groups is 1. The SMILES string of the molecule is O=C(O)c1ccc(-n2nncc2-c2ccc([N+](=O)[O-])cc2)cc1. The summed E-state index contributed by atoms with van der Waals surface area (Å²) in [6.45, 7) is 0. The van der Waals surface area contributed by atoms with Gasteiger partial charge in [-0.15, -0.1) is 5.10 Å². The number of carbonyl (C=O) groups is 1. The zero-order valence-corrected chi connectivity index (χ0v) is 11.7. The van der Waals surface area contributed by atoms with Crippen LogP contribution in [0.1, 0.15) is 10.4 Å². The third kappa shape index (κ3) is 2.77. The molecule has 0 aliphatic rings. The number of benzene rings is 2. The molecule has 0 saturated heterocycles. The van der Waals surface area contributed by atoms with Crippen LogP contribution in [0, 0.1) is 10.1 Å². The predicted molar refractivity (Wildman–Crippen MR) is 80.4 cm³/mol. The van der Waals surface area contributed by atoms with Crippen LogP contribution >= 0.6 is 0 Å². The average Bonchev–Trinajstić information content (AvgIpc) is 3.04. The fourth-order valence-electron chi connectivity index (χ4n) is 2.12. The molecule has 0 bridgehead atoms. The van der Waals surface area contributed by atoms with Gasteiger partial charge in [0.1, 0.15) is 0 Å². The van der Waals surface area contributed by atoms with Crippen molar-refractivity contribution in [1.82, 2.24) is 15.0 Å². The summed E-state index contributed by atoms with van der Waals surface area (Å²) in [6, 6.07) is 12.2. The number of nitro benzene ring substituents is 1. The highest BCUT2D eigenvalue weighted by Gasteiger charge is 2.11. The van der Waals surface area contributed by atoms with E-state index in [-0.39, 0.29) is 11.3 Å². The molecule has 0 unspecified atom stereocenters. The van der Waals surface area contributed by atoms with Crippen LogP contribution in [0.2, 0.25) is 0 Å². The van der Waals surface area contributed by atoms with E-state index in [0.29, 0.717) is 16.9 Å². The van der Waals surface area contributed by atoms with Crippen LogP contribution in [-0.4, -0.2) is 31.0 Å². The third-order valence-electron chi connectivity index (χ3n) is 3.28. The molecular formula is C15H10N4O4. The first kappa shape index (κ1) is 14.4. The number of carboxylic acid groups (broad SMARTS) is 1. The third-order valence-corrected chi connectivity index (χ3v) is 3.28. The Hall–Kier alpha value is -3.55. The van der Waals surface area contributed by atoms with Crippen LogP contribution in [-0.2, 0) is 0 Å². The van der Waals surface area contributed by atoms with Gasteiger partial charge in [-0.05, 0) is 36.4 Å². The molecule has 23 heavy (non-hydrogen) atoms. The predicted octanol–water partition coefficient (Wildman–Crippen LogP) is 2.54. The molecule has 0 aliphatic heterocycles. The quantitative estimate of drug-likeness (QED) is 0.585. The molecule has 0 spiro atoms. The van der Waals surface area contributed by atoms with Crippen LogP contribution in [0.15, 0.2) is 54.7 Å². The molecule has 8 heteroatoms. The number of carboxylic acids is 1. The lowest BCUT2D eigenvalue weighted by Gasteiger charge is -2.06. The lowest BCUT2D eigenvalue weighted by molar-refractivity contribution is -0.384. The van der Waals surface area contributed by atoms with Crippen molar-refractivity contribution in [2.75, 3.05) is 0 Å². The first-order chi connectivity index (χ1) is 11.1. The summed E-state index contributed by atoms with van der Waals surface area (Å²) in [6.07, 6.45) is 1.53. The molecule has 0 saturated carbocycles. The minimum atomic E-state index is -1.01. The molecule has 0 atom stereocenters. The van der Waals surface area contributed by atoms with Crippen LogP contribution in [0.5, 0.6) is 0 Å². The van der Waals surface area contributed by atoms with Gasteiger partial charge >= 0.3 is 5.97 Å². The lowest BCUT2D eigenvalue weighted by Crippen LogP contribution is -2.01. The van der Waals surface area contributed by atoms with Gasteiger partial charge < -0.3 is 5.11 Å². The first-order valence-electron chi connectivity index (χ1n) is 6.55. The van der Waals surface area contributed by atoms with Gasteiger partial charge in [-0.25, -0.2) is 9.48 Å². The Balaban J connectivity index is 1.98. The Morgan fingerprint density at radius 1 is 1.09 bits per heavy atom.